The molecule has 0 heterocycles. The van der Waals surface area contributed by atoms with Crippen LogP contribution in [0.2, 0.25) is 0 Å². The second-order valence-electron chi connectivity index (χ2n) is 7.37. The van der Waals surface area contributed by atoms with E-state index in [1.165, 1.54) is 0 Å². The second kappa shape index (κ2) is 4.80. The van der Waals surface area contributed by atoms with E-state index >= 15 is 0 Å². The molecule has 0 radical (unpaired) electrons. The molecule has 0 aliphatic heterocycles. The van der Waals surface area contributed by atoms with Gasteiger partial charge in [0.15, 0.2) is 0 Å². The van der Waals surface area contributed by atoms with Crippen LogP contribution in [0, 0.1) is 5.92 Å². The van der Waals surface area contributed by atoms with Gasteiger partial charge in [0, 0.05) is 5.57 Å². The number of ketones is 2. The van der Waals surface area contributed by atoms with E-state index in [4.69, 9.17) is 0 Å². The van der Waals surface area contributed by atoms with E-state index in [-0.39, 0.29) is 22.6 Å². The SMILES string of the molecule is CC(C)C1=Cc2cc3c(c(O)c2C(=O)C1=O)CCCC3(C)C. The first-order valence-electron chi connectivity index (χ1n) is 7.94. The van der Waals surface area contributed by atoms with Crippen LogP contribution in [0.3, 0.4) is 0 Å². The number of hydrogen-bond acceptors (Lipinski definition) is 3. The minimum absolute atomic E-state index is 0.00390. The minimum Gasteiger partial charge on any atom is -0.507 e. The molecule has 0 spiro atoms. The number of carbonyl (C=O) groups excluding carboxylic acids is 2. The van der Waals surface area contributed by atoms with E-state index in [9.17, 15) is 14.7 Å². The maximum atomic E-state index is 12.4. The molecule has 3 rings (SSSR count). The quantitative estimate of drug-likeness (QED) is 0.802. The first-order chi connectivity index (χ1) is 10.2. The summed E-state index contributed by atoms with van der Waals surface area (Å²) in [4.78, 5) is 24.7. The Morgan fingerprint density at radius 3 is 2.50 bits per heavy atom. The molecular formula is C19H22O3. The molecule has 3 nitrogen and oxygen atoms in total. The molecular weight excluding hydrogens is 276 g/mol. The molecule has 0 atom stereocenters. The fourth-order valence-electron chi connectivity index (χ4n) is 3.69. The molecule has 1 aromatic rings. The number of Topliss-reactive ketones (excluding diaryl/α,β-unsaturated/α-hetero) is 2. The molecule has 0 fully saturated rings. The zero-order chi connectivity index (χ0) is 16.2. The molecule has 0 unspecified atom stereocenters. The van der Waals surface area contributed by atoms with Gasteiger partial charge in [-0.15, -0.1) is 0 Å². The molecule has 0 aromatic heterocycles. The molecule has 0 saturated carbocycles. The van der Waals surface area contributed by atoms with Crippen molar-refractivity contribution in [1.29, 1.82) is 0 Å². The van der Waals surface area contributed by atoms with Crippen molar-refractivity contribution < 1.29 is 14.7 Å². The van der Waals surface area contributed by atoms with Gasteiger partial charge in [0.2, 0.25) is 11.6 Å². The fraction of sp³-hybridized carbons (Fsp3) is 0.474. The summed E-state index contributed by atoms with van der Waals surface area (Å²) in [5, 5.41) is 10.6. The zero-order valence-electron chi connectivity index (χ0n) is 13.6. The van der Waals surface area contributed by atoms with E-state index < -0.39 is 11.6 Å². The highest BCUT2D eigenvalue weighted by molar-refractivity contribution is 6.52. The van der Waals surface area contributed by atoms with Crippen LogP contribution in [-0.2, 0) is 16.6 Å². The summed E-state index contributed by atoms with van der Waals surface area (Å²) in [6, 6.07) is 2.01. The van der Waals surface area contributed by atoms with Crippen LogP contribution in [-0.4, -0.2) is 16.7 Å². The maximum absolute atomic E-state index is 12.4. The lowest BCUT2D eigenvalue weighted by molar-refractivity contribution is -0.112. The molecule has 1 N–H and O–H groups in total. The van der Waals surface area contributed by atoms with E-state index in [2.05, 4.69) is 13.8 Å². The zero-order valence-corrected chi connectivity index (χ0v) is 13.6. The van der Waals surface area contributed by atoms with Gasteiger partial charge in [-0.05, 0) is 59.4 Å². The highest BCUT2D eigenvalue weighted by Gasteiger charge is 2.36. The van der Waals surface area contributed by atoms with Gasteiger partial charge in [-0.2, -0.15) is 0 Å². The van der Waals surface area contributed by atoms with Gasteiger partial charge >= 0.3 is 0 Å². The third kappa shape index (κ3) is 2.03. The van der Waals surface area contributed by atoms with Gasteiger partial charge in [-0.1, -0.05) is 27.7 Å². The Morgan fingerprint density at radius 1 is 1.18 bits per heavy atom. The summed E-state index contributed by atoms with van der Waals surface area (Å²) < 4.78 is 0. The first kappa shape index (κ1) is 15.0. The van der Waals surface area contributed by atoms with Gasteiger partial charge in [0.25, 0.3) is 0 Å². The van der Waals surface area contributed by atoms with Crippen LogP contribution in [0.5, 0.6) is 5.75 Å². The van der Waals surface area contributed by atoms with Crippen LogP contribution < -0.4 is 0 Å². The van der Waals surface area contributed by atoms with E-state index in [1.54, 1.807) is 6.08 Å². The predicted octanol–water partition coefficient (Wildman–Crippen LogP) is 3.81. The molecule has 116 valence electrons. The second-order valence-corrected chi connectivity index (χ2v) is 7.37. The molecule has 3 heteroatoms. The number of phenols is 1. The summed E-state index contributed by atoms with van der Waals surface area (Å²) in [7, 11) is 0. The van der Waals surface area contributed by atoms with E-state index in [0.717, 1.165) is 30.4 Å². The van der Waals surface area contributed by atoms with Crippen LogP contribution >= 0.6 is 0 Å². The lowest BCUT2D eigenvalue weighted by atomic mass is 9.70. The van der Waals surface area contributed by atoms with Gasteiger partial charge in [-0.3, -0.25) is 9.59 Å². The average molecular weight is 298 g/mol. The smallest absolute Gasteiger partial charge is 0.237 e. The van der Waals surface area contributed by atoms with E-state index in [0.29, 0.717) is 11.1 Å². The molecule has 0 amide bonds. The van der Waals surface area contributed by atoms with Crippen molar-refractivity contribution in [3.05, 3.63) is 33.9 Å². The minimum atomic E-state index is -0.565. The Hall–Kier alpha value is -1.90. The summed E-state index contributed by atoms with van der Waals surface area (Å²) in [6.45, 7) is 8.15. The third-order valence-corrected chi connectivity index (χ3v) is 5.02. The molecule has 2 aliphatic carbocycles. The summed E-state index contributed by atoms with van der Waals surface area (Å²) in [5.41, 5.74) is 3.36. The summed E-state index contributed by atoms with van der Waals surface area (Å²) in [6.07, 6.45) is 4.60. The van der Waals surface area contributed by atoms with Crippen molar-refractivity contribution >= 4 is 17.6 Å². The monoisotopic (exact) mass is 298 g/mol. The predicted molar refractivity (Wildman–Crippen MR) is 86.2 cm³/mol. The molecule has 2 aliphatic rings. The topological polar surface area (TPSA) is 54.4 Å². The fourth-order valence-corrected chi connectivity index (χ4v) is 3.69. The van der Waals surface area contributed by atoms with Crippen molar-refractivity contribution in [3.8, 4) is 5.75 Å². The Labute approximate surface area is 131 Å². The number of fused-ring (bicyclic) bond motifs is 2. The Balaban J connectivity index is 2.31. The van der Waals surface area contributed by atoms with Crippen molar-refractivity contribution in [2.45, 2.75) is 52.4 Å². The summed E-state index contributed by atoms with van der Waals surface area (Å²) in [5.74, 6) is -1.02. The standard InChI is InChI=1S/C19H22O3/c1-10(2)13-8-11-9-14-12(6-5-7-19(14,3)4)16(20)15(11)18(22)17(13)21/h8-10,20H,5-7H2,1-4H3. The van der Waals surface area contributed by atoms with E-state index in [1.807, 2.05) is 19.9 Å². The lowest BCUT2D eigenvalue weighted by Gasteiger charge is -2.34. The largest absolute Gasteiger partial charge is 0.507 e. The summed E-state index contributed by atoms with van der Waals surface area (Å²) >= 11 is 0. The highest BCUT2D eigenvalue weighted by Crippen LogP contribution is 2.44. The van der Waals surface area contributed by atoms with Crippen LogP contribution in [0.1, 0.15) is 67.6 Å². The number of allylic oxidation sites excluding steroid dienone is 1. The Bertz CT molecular complexity index is 721. The van der Waals surface area contributed by atoms with Gasteiger partial charge in [0.1, 0.15) is 5.75 Å². The number of carbonyl (C=O) groups is 2. The van der Waals surface area contributed by atoms with Gasteiger partial charge < -0.3 is 5.11 Å². The normalized spacial score (nSPS) is 19.8. The third-order valence-electron chi connectivity index (χ3n) is 5.02. The lowest BCUT2D eigenvalue weighted by Crippen LogP contribution is -2.28. The van der Waals surface area contributed by atoms with Crippen LogP contribution in [0.25, 0.3) is 6.08 Å². The van der Waals surface area contributed by atoms with Crippen molar-refractivity contribution in [2.24, 2.45) is 5.92 Å². The number of phenolic OH excluding ortho intramolecular Hbond substituents is 1. The van der Waals surface area contributed by atoms with Gasteiger partial charge in [-0.25, -0.2) is 0 Å². The van der Waals surface area contributed by atoms with Crippen LogP contribution in [0.15, 0.2) is 11.6 Å². The molecule has 22 heavy (non-hydrogen) atoms. The maximum Gasteiger partial charge on any atom is 0.237 e. The average Bonchev–Trinajstić information content (AvgIpc) is 2.43. The molecule has 0 bridgehead atoms. The van der Waals surface area contributed by atoms with Crippen LogP contribution in [0.4, 0.5) is 0 Å². The number of rotatable bonds is 1. The van der Waals surface area contributed by atoms with Crippen molar-refractivity contribution in [2.75, 3.05) is 0 Å². The highest BCUT2D eigenvalue weighted by atomic mass is 16.3. The first-order valence-corrected chi connectivity index (χ1v) is 7.94. The number of benzene rings is 1. The Morgan fingerprint density at radius 2 is 1.86 bits per heavy atom. The Kier molecular flexibility index (Phi) is 3.28. The number of aromatic hydroxyl groups is 1. The van der Waals surface area contributed by atoms with Crippen molar-refractivity contribution in [3.63, 3.8) is 0 Å². The molecule has 0 saturated heterocycles. The molecule has 1 aromatic carbocycles. The number of hydrogen-bond donors (Lipinski definition) is 1. The van der Waals surface area contributed by atoms with Crippen molar-refractivity contribution in [1.82, 2.24) is 0 Å². The van der Waals surface area contributed by atoms with Gasteiger partial charge in [0.05, 0.1) is 5.56 Å².